The molecule has 6 aliphatic carbocycles. The summed E-state index contributed by atoms with van der Waals surface area (Å²) in [6, 6.07) is 0. The molecular formula is C25H32O3. The maximum atomic E-state index is 12.3. The van der Waals surface area contributed by atoms with Crippen LogP contribution in [0.25, 0.3) is 0 Å². The standard InChI is InChI=1S/C25H32O3/c1-12-19-17-10-13(26)4-7-23(17,2)15-5-8-24(3)22(21(15)20(12)19)14-11-16(14)25(24)9-6-18(27)28-25/h10,12,14-16,19-22H,4-9,11H2,1-3H3. The second kappa shape index (κ2) is 4.62. The summed E-state index contributed by atoms with van der Waals surface area (Å²) in [6.45, 7) is 7.44. The number of ketones is 1. The van der Waals surface area contributed by atoms with Crippen LogP contribution >= 0.6 is 0 Å². The van der Waals surface area contributed by atoms with Crippen LogP contribution < -0.4 is 0 Å². The van der Waals surface area contributed by atoms with Gasteiger partial charge in [-0.2, -0.15) is 0 Å². The summed E-state index contributed by atoms with van der Waals surface area (Å²) in [5, 5.41) is 0. The first kappa shape index (κ1) is 16.7. The van der Waals surface area contributed by atoms with E-state index in [1.807, 2.05) is 0 Å². The quantitative estimate of drug-likeness (QED) is 0.579. The molecule has 0 aromatic heterocycles. The average Bonchev–Trinajstić information content (AvgIpc) is 3.51. The van der Waals surface area contributed by atoms with E-state index in [9.17, 15) is 9.59 Å². The van der Waals surface area contributed by atoms with Gasteiger partial charge in [0, 0.05) is 24.2 Å². The van der Waals surface area contributed by atoms with Crippen molar-refractivity contribution in [2.24, 2.45) is 58.2 Å². The van der Waals surface area contributed by atoms with E-state index in [2.05, 4.69) is 26.8 Å². The Labute approximate surface area is 167 Å². The molecule has 0 aromatic carbocycles. The van der Waals surface area contributed by atoms with Crippen LogP contribution in [-0.4, -0.2) is 17.4 Å². The molecule has 0 N–H and O–H groups in total. The summed E-state index contributed by atoms with van der Waals surface area (Å²) in [5.41, 5.74) is 1.80. The van der Waals surface area contributed by atoms with E-state index in [1.165, 1.54) is 24.8 Å². The molecule has 11 atom stereocenters. The Morgan fingerprint density at radius 3 is 2.61 bits per heavy atom. The van der Waals surface area contributed by atoms with Crippen molar-refractivity contribution in [1.29, 1.82) is 0 Å². The van der Waals surface area contributed by atoms with Gasteiger partial charge in [-0.15, -0.1) is 0 Å². The van der Waals surface area contributed by atoms with Crippen LogP contribution in [0.4, 0.5) is 0 Å². The lowest BCUT2D eigenvalue weighted by Gasteiger charge is -2.60. The highest BCUT2D eigenvalue weighted by Gasteiger charge is 2.81. The summed E-state index contributed by atoms with van der Waals surface area (Å²) < 4.78 is 6.24. The first-order chi connectivity index (χ1) is 13.3. The highest BCUT2D eigenvalue weighted by atomic mass is 16.6. The van der Waals surface area contributed by atoms with Gasteiger partial charge in [0.25, 0.3) is 0 Å². The highest BCUT2D eigenvalue weighted by molar-refractivity contribution is 5.92. The van der Waals surface area contributed by atoms with Gasteiger partial charge < -0.3 is 4.74 Å². The van der Waals surface area contributed by atoms with Crippen LogP contribution in [-0.2, 0) is 14.3 Å². The van der Waals surface area contributed by atoms with Crippen LogP contribution in [0, 0.1) is 58.2 Å². The number of carbonyl (C=O) groups is 2. The molecule has 6 fully saturated rings. The first-order valence-corrected chi connectivity index (χ1v) is 11.8. The Balaban J connectivity index is 1.35. The molecule has 28 heavy (non-hydrogen) atoms. The van der Waals surface area contributed by atoms with E-state index >= 15 is 0 Å². The van der Waals surface area contributed by atoms with Crippen LogP contribution in [0.3, 0.4) is 0 Å². The van der Waals surface area contributed by atoms with Crippen LogP contribution in [0.2, 0.25) is 0 Å². The number of esters is 1. The molecule has 1 spiro atoms. The largest absolute Gasteiger partial charge is 0.458 e. The SMILES string of the molecule is CC1C2C3=CC(=O)CCC3(C)C3CCC4(C)C(C5CC5C45CCC(=O)O5)C3C12. The number of carbonyl (C=O) groups excluding carboxylic acids is 2. The average molecular weight is 381 g/mol. The molecule has 0 radical (unpaired) electrons. The van der Waals surface area contributed by atoms with Crippen molar-refractivity contribution >= 4 is 11.8 Å². The Morgan fingerprint density at radius 2 is 1.86 bits per heavy atom. The molecule has 7 rings (SSSR count). The minimum absolute atomic E-state index is 0.0546. The van der Waals surface area contributed by atoms with Crippen molar-refractivity contribution in [3.63, 3.8) is 0 Å². The van der Waals surface area contributed by atoms with E-state index in [-0.39, 0.29) is 22.4 Å². The topological polar surface area (TPSA) is 43.4 Å². The third kappa shape index (κ3) is 1.58. The summed E-state index contributed by atoms with van der Waals surface area (Å²) >= 11 is 0. The maximum absolute atomic E-state index is 12.3. The maximum Gasteiger partial charge on any atom is 0.306 e. The zero-order valence-corrected chi connectivity index (χ0v) is 17.4. The van der Waals surface area contributed by atoms with Gasteiger partial charge >= 0.3 is 5.97 Å². The lowest BCUT2D eigenvalue weighted by atomic mass is 9.45. The lowest BCUT2D eigenvalue weighted by molar-refractivity contribution is -0.177. The summed E-state index contributed by atoms with van der Waals surface area (Å²) in [5.74, 6) is 6.24. The van der Waals surface area contributed by atoms with Gasteiger partial charge in [0.1, 0.15) is 5.60 Å². The zero-order valence-electron chi connectivity index (χ0n) is 17.4. The highest BCUT2D eigenvalue weighted by Crippen LogP contribution is 2.83. The summed E-state index contributed by atoms with van der Waals surface area (Å²) in [7, 11) is 0. The van der Waals surface area contributed by atoms with Crippen molar-refractivity contribution in [2.45, 2.75) is 71.3 Å². The van der Waals surface area contributed by atoms with E-state index in [1.54, 1.807) is 0 Å². The zero-order chi connectivity index (χ0) is 19.2. The molecule has 0 aromatic rings. The number of rotatable bonds is 0. The number of hydrogen-bond donors (Lipinski definition) is 0. The second-order valence-electron chi connectivity index (χ2n) is 12.0. The van der Waals surface area contributed by atoms with E-state index in [0.717, 1.165) is 54.8 Å². The number of allylic oxidation sites excluding steroid dienone is 1. The van der Waals surface area contributed by atoms with Crippen molar-refractivity contribution in [3.8, 4) is 0 Å². The van der Waals surface area contributed by atoms with E-state index in [4.69, 9.17) is 4.74 Å². The number of hydrogen-bond acceptors (Lipinski definition) is 3. The van der Waals surface area contributed by atoms with Gasteiger partial charge in [-0.05, 0) is 85.0 Å². The van der Waals surface area contributed by atoms with Gasteiger partial charge in [0.05, 0.1) is 0 Å². The molecule has 5 saturated carbocycles. The van der Waals surface area contributed by atoms with Crippen LogP contribution in [0.15, 0.2) is 11.6 Å². The minimum Gasteiger partial charge on any atom is -0.458 e. The lowest BCUT2D eigenvalue weighted by Crippen LogP contribution is -2.57. The van der Waals surface area contributed by atoms with E-state index in [0.29, 0.717) is 24.0 Å². The summed E-state index contributed by atoms with van der Waals surface area (Å²) in [6.07, 6.45) is 9.24. The fraction of sp³-hybridized carbons (Fsp3) is 0.840. The molecule has 1 aliphatic heterocycles. The first-order valence-electron chi connectivity index (χ1n) is 11.8. The Hall–Kier alpha value is -1.12. The molecule has 0 amide bonds. The molecular weight excluding hydrogens is 348 g/mol. The molecule has 11 unspecified atom stereocenters. The van der Waals surface area contributed by atoms with E-state index < -0.39 is 0 Å². The fourth-order valence-corrected chi connectivity index (χ4v) is 10.2. The second-order valence-corrected chi connectivity index (χ2v) is 12.0. The smallest absolute Gasteiger partial charge is 0.306 e. The Kier molecular flexibility index (Phi) is 2.75. The summed E-state index contributed by atoms with van der Waals surface area (Å²) in [4.78, 5) is 24.5. The fourth-order valence-electron chi connectivity index (χ4n) is 10.2. The van der Waals surface area contributed by atoms with Gasteiger partial charge in [-0.3, -0.25) is 9.59 Å². The van der Waals surface area contributed by atoms with Gasteiger partial charge in [0.2, 0.25) is 0 Å². The monoisotopic (exact) mass is 380 g/mol. The van der Waals surface area contributed by atoms with Crippen LogP contribution in [0.5, 0.6) is 0 Å². The molecule has 7 aliphatic rings. The molecule has 3 heteroatoms. The van der Waals surface area contributed by atoms with Crippen LogP contribution in [0.1, 0.15) is 65.7 Å². The Morgan fingerprint density at radius 1 is 1.04 bits per heavy atom. The normalized spacial score (nSPS) is 62.9. The van der Waals surface area contributed by atoms with Crippen molar-refractivity contribution in [2.75, 3.05) is 0 Å². The molecule has 150 valence electrons. The molecule has 1 saturated heterocycles. The number of fused-ring (bicyclic) bond motifs is 12. The third-order valence-electron chi connectivity index (χ3n) is 11.4. The molecule has 0 bridgehead atoms. The Bertz CT molecular complexity index is 858. The molecule has 1 heterocycles. The van der Waals surface area contributed by atoms with Gasteiger partial charge in [0.15, 0.2) is 5.78 Å². The van der Waals surface area contributed by atoms with Crippen molar-refractivity contribution in [1.82, 2.24) is 0 Å². The minimum atomic E-state index is -0.141. The number of ether oxygens (including phenoxy) is 1. The molecule has 3 nitrogen and oxygen atoms in total. The van der Waals surface area contributed by atoms with Crippen molar-refractivity contribution < 1.29 is 14.3 Å². The third-order valence-corrected chi connectivity index (χ3v) is 11.4. The predicted octanol–water partition coefficient (Wildman–Crippen LogP) is 4.55. The van der Waals surface area contributed by atoms with Gasteiger partial charge in [-0.1, -0.05) is 26.3 Å². The van der Waals surface area contributed by atoms with Crippen molar-refractivity contribution in [3.05, 3.63) is 11.6 Å². The predicted molar refractivity (Wildman–Crippen MR) is 104 cm³/mol. The van der Waals surface area contributed by atoms with Gasteiger partial charge in [-0.25, -0.2) is 0 Å².